The molecular weight excluding hydrogens is 433 g/mol. The summed E-state index contributed by atoms with van der Waals surface area (Å²) in [5.41, 5.74) is 1.65. The zero-order valence-electron chi connectivity index (χ0n) is 17.9. The van der Waals surface area contributed by atoms with Crippen molar-refractivity contribution in [2.75, 3.05) is 5.32 Å². The van der Waals surface area contributed by atoms with Gasteiger partial charge in [0.2, 0.25) is 0 Å². The molecule has 2 aromatic heterocycles. The fraction of sp³-hybridized carbons (Fsp3) is 0.348. The van der Waals surface area contributed by atoms with Crippen LogP contribution in [0.4, 0.5) is 9.39 Å². The molecule has 1 aliphatic carbocycles. The third kappa shape index (κ3) is 4.99. The van der Waals surface area contributed by atoms with Crippen molar-refractivity contribution in [2.24, 2.45) is 0 Å². The molecule has 1 N–H and O–H groups in total. The number of rotatable bonds is 7. The van der Waals surface area contributed by atoms with Crippen LogP contribution >= 0.6 is 11.3 Å². The van der Waals surface area contributed by atoms with Crippen LogP contribution in [0.5, 0.6) is 5.75 Å². The predicted octanol–water partition coefficient (Wildman–Crippen LogP) is 4.82. The first-order valence-electron chi connectivity index (χ1n) is 10.5. The molecule has 1 aromatic carbocycles. The highest BCUT2D eigenvalue weighted by Gasteiger charge is 2.28. The zero-order valence-corrected chi connectivity index (χ0v) is 18.7. The summed E-state index contributed by atoms with van der Waals surface area (Å²) in [7, 11) is 0. The van der Waals surface area contributed by atoms with E-state index in [1.54, 1.807) is 26.1 Å². The number of hydrogen-bond donors (Lipinski definition) is 1. The molecule has 0 radical (unpaired) electrons. The van der Waals surface area contributed by atoms with Crippen molar-refractivity contribution in [1.82, 2.24) is 9.78 Å². The molecule has 0 fully saturated rings. The Balaban J connectivity index is 1.47. The molecule has 0 aliphatic heterocycles. The topological polar surface area (TPSA) is 82.5 Å². The summed E-state index contributed by atoms with van der Waals surface area (Å²) in [6.45, 7) is 3.67. The normalized spacial score (nSPS) is 13.0. The zero-order chi connectivity index (χ0) is 22.7. The molecule has 0 spiro atoms. The predicted molar refractivity (Wildman–Crippen MR) is 119 cm³/mol. The molecule has 2 heterocycles. The summed E-state index contributed by atoms with van der Waals surface area (Å²) in [6.07, 6.45) is 5.15. The highest BCUT2D eigenvalue weighted by molar-refractivity contribution is 7.17. The highest BCUT2D eigenvalue weighted by atomic mass is 32.1. The van der Waals surface area contributed by atoms with Crippen LogP contribution in [0.1, 0.15) is 58.0 Å². The van der Waals surface area contributed by atoms with E-state index in [1.165, 1.54) is 40.3 Å². The maximum atomic E-state index is 13.0. The van der Waals surface area contributed by atoms with E-state index < -0.39 is 11.9 Å². The molecule has 0 atom stereocenters. The lowest BCUT2D eigenvalue weighted by molar-refractivity contribution is 0.0378. The number of benzene rings is 1. The fourth-order valence-corrected chi connectivity index (χ4v) is 4.81. The van der Waals surface area contributed by atoms with Crippen molar-refractivity contribution in [2.45, 2.75) is 52.4 Å². The van der Waals surface area contributed by atoms with E-state index in [1.807, 2.05) is 0 Å². The molecule has 1 amide bonds. The molecule has 168 valence electrons. The Labute approximate surface area is 189 Å². The molecular formula is C23H24FN3O4S. The van der Waals surface area contributed by atoms with Gasteiger partial charge in [-0.25, -0.2) is 13.9 Å². The van der Waals surface area contributed by atoms with E-state index in [-0.39, 0.29) is 24.3 Å². The number of carbonyl (C=O) groups excluding carboxylic acids is 2. The Bertz CT molecular complexity index is 1120. The van der Waals surface area contributed by atoms with E-state index in [4.69, 9.17) is 9.47 Å². The Morgan fingerprint density at radius 2 is 1.94 bits per heavy atom. The van der Waals surface area contributed by atoms with Crippen LogP contribution in [0, 0.1) is 5.82 Å². The van der Waals surface area contributed by atoms with Gasteiger partial charge in [-0.05, 0) is 75.4 Å². The second kappa shape index (κ2) is 9.52. The van der Waals surface area contributed by atoms with Gasteiger partial charge in [0.15, 0.2) is 12.4 Å². The van der Waals surface area contributed by atoms with Crippen molar-refractivity contribution >= 4 is 28.2 Å². The lowest BCUT2D eigenvalue weighted by atomic mass is 9.95. The van der Waals surface area contributed by atoms with Crippen LogP contribution in [0.2, 0.25) is 0 Å². The van der Waals surface area contributed by atoms with Crippen molar-refractivity contribution in [1.29, 1.82) is 0 Å². The number of aryl methyl sites for hydroxylation is 1. The Morgan fingerprint density at radius 1 is 1.19 bits per heavy atom. The molecule has 4 rings (SSSR count). The minimum atomic E-state index is -0.414. The van der Waals surface area contributed by atoms with Crippen LogP contribution in [0.25, 0.3) is 0 Å². The molecule has 0 bridgehead atoms. The van der Waals surface area contributed by atoms with Gasteiger partial charge in [0.05, 0.1) is 11.7 Å². The Kier molecular flexibility index (Phi) is 6.55. The summed E-state index contributed by atoms with van der Waals surface area (Å²) in [6, 6.07) is 7.22. The molecule has 32 heavy (non-hydrogen) atoms. The van der Waals surface area contributed by atoms with E-state index in [2.05, 4.69) is 10.4 Å². The molecule has 0 saturated carbocycles. The number of anilines is 1. The smallest absolute Gasteiger partial charge is 0.341 e. The largest absolute Gasteiger partial charge is 0.471 e. The maximum absolute atomic E-state index is 13.0. The quantitative estimate of drug-likeness (QED) is 0.515. The summed E-state index contributed by atoms with van der Waals surface area (Å²) in [4.78, 5) is 26.7. The highest BCUT2D eigenvalue weighted by Crippen LogP contribution is 2.39. The van der Waals surface area contributed by atoms with Crippen molar-refractivity contribution in [3.8, 4) is 5.75 Å². The summed E-state index contributed by atoms with van der Waals surface area (Å²) in [5, 5.41) is 7.59. The van der Waals surface area contributed by atoms with Gasteiger partial charge in [-0.2, -0.15) is 5.10 Å². The fourth-order valence-electron chi connectivity index (χ4n) is 3.54. The monoisotopic (exact) mass is 457 g/mol. The minimum absolute atomic E-state index is 0.0676. The Hall–Kier alpha value is -3.20. The van der Waals surface area contributed by atoms with Gasteiger partial charge >= 0.3 is 5.97 Å². The van der Waals surface area contributed by atoms with Gasteiger partial charge < -0.3 is 14.8 Å². The number of halogens is 1. The third-order valence-electron chi connectivity index (χ3n) is 5.00. The van der Waals surface area contributed by atoms with E-state index in [9.17, 15) is 14.0 Å². The average molecular weight is 458 g/mol. The van der Waals surface area contributed by atoms with Crippen LogP contribution in [0.15, 0.2) is 36.5 Å². The SMILES string of the molecule is CC(C)OC(=O)c1c(NC(=O)c2ccn(COc3ccc(F)cc3)n2)sc2c1CCCC2. The third-order valence-corrected chi connectivity index (χ3v) is 6.20. The van der Waals surface area contributed by atoms with Crippen LogP contribution in [-0.2, 0) is 24.3 Å². The number of ether oxygens (including phenoxy) is 2. The number of nitrogens with zero attached hydrogens (tertiary/aromatic N) is 2. The molecule has 0 saturated heterocycles. The first kappa shape index (κ1) is 22.0. The lowest BCUT2D eigenvalue weighted by Gasteiger charge is -2.14. The van der Waals surface area contributed by atoms with Gasteiger partial charge in [-0.3, -0.25) is 4.79 Å². The molecule has 0 unspecified atom stereocenters. The van der Waals surface area contributed by atoms with E-state index in [0.29, 0.717) is 16.3 Å². The molecule has 9 heteroatoms. The van der Waals surface area contributed by atoms with Gasteiger partial charge in [-0.1, -0.05) is 0 Å². The van der Waals surface area contributed by atoms with E-state index in [0.717, 1.165) is 36.1 Å². The number of esters is 1. The van der Waals surface area contributed by atoms with Crippen molar-refractivity contribution < 1.29 is 23.5 Å². The lowest BCUT2D eigenvalue weighted by Crippen LogP contribution is -2.18. The molecule has 3 aromatic rings. The van der Waals surface area contributed by atoms with Gasteiger partial charge in [0.25, 0.3) is 5.91 Å². The van der Waals surface area contributed by atoms with Gasteiger partial charge in [0.1, 0.15) is 16.6 Å². The van der Waals surface area contributed by atoms with E-state index >= 15 is 0 Å². The van der Waals surface area contributed by atoms with Crippen LogP contribution < -0.4 is 10.1 Å². The number of nitrogens with one attached hydrogen (secondary N) is 1. The van der Waals surface area contributed by atoms with Crippen LogP contribution in [-0.4, -0.2) is 27.8 Å². The number of thiophene rings is 1. The maximum Gasteiger partial charge on any atom is 0.341 e. The Morgan fingerprint density at radius 3 is 2.69 bits per heavy atom. The first-order chi connectivity index (χ1) is 15.4. The summed E-state index contributed by atoms with van der Waals surface area (Å²) >= 11 is 1.43. The van der Waals surface area contributed by atoms with Crippen molar-refractivity contribution in [3.05, 3.63) is 64.0 Å². The first-order valence-corrected chi connectivity index (χ1v) is 11.3. The van der Waals surface area contributed by atoms with Crippen molar-refractivity contribution in [3.63, 3.8) is 0 Å². The summed E-state index contributed by atoms with van der Waals surface area (Å²) < 4.78 is 25.4. The minimum Gasteiger partial charge on any atom is -0.471 e. The number of amides is 1. The molecule has 1 aliphatic rings. The summed E-state index contributed by atoms with van der Waals surface area (Å²) in [5.74, 6) is -0.677. The van der Waals surface area contributed by atoms with Gasteiger partial charge in [-0.15, -0.1) is 11.3 Å². The number of carbonyl (C=O) groups is 2. The van der Waals surface area contributed by atoms with Crippen LogP contribution in [0.3, 0.4) is 0 Å². The number of aromatic nitrogens is 2. The second-order valence-corrected chi connectivity index (χ2v) is 8.90. The number of fused-ring (bicyclic) bond motifs is 1. The number of hydrogen-bond acceptors (Lipinski definition) is 6. The molecule has 7 nitrogen and oxygen atoms in total. The second-order valence-electron chi connectivity index (χ2n) is 7.79. The average Bonchev–Trinajstić information content (AvgIpc) is 3.37. The van der Waals surface area contributed by atoms with Gasteiger partial charge in [0, 0.05) is 11.1 Å². The standard InChI is InChI=1S/C23H24FN3O4S/c1-14(2)31-23(29)20-17-5-3-4-6-19(17)32-22(20)25-21(28)18-11-12-27(26-18)13-30-16-9-7-15(24)8-10-16/h7-12,14H,3-6,13H2,1-2H3,(H,25,28).